The van der Waals surface area contributed by atoms with E-state index >= 15 is 0 Å². The minimum Gasteiger partial charge on any atom is -0.250 e. The Labute approximate surface area is 94.4 Å². The average molecular weight is 224 g/mol. The summed E-state index contributed by atoms with van der Waals surface area (Å²) < 4.78 is 2.38. The van der Waals surface area contributed by atoms with Crippen molar-refractivity contribution in [3.63, 3.8) is 0 Å². The van der Waals surface area contributed by atoms with E-state index in [1.54, 1.807) is 4.68 Å². The van der Waals surface area contributed by atoms with Crippen LogP contribution in [-0.4, -0.2) is 20.6 Å². The highest BCUT2D eigenvalue weighted by Gasteiger charge is 2.09. The largest absolute Gasteiger partial charge is 0.250 e. The van der Waals surface area contributed by atoms with Crippen LogP contribution in [0, 0.1) is 4.77 Å². The predicted molar refractivity (Wildman–Crippen MR) is 62.7 cm³/mol. The first-order chi connectivity index (χ1) is 7.31. The van der Waals surface area contributed by atoms with Crippen molar-refractivity contribution in [1.82, 2.24) is 14.9 Å². The normalized spacial score (nSPS) is 16.7. The second kappa shape index (κ2) is 4.70. The zero-order valence-corrected chi connectivity index (χ0v) is 9.81. The number of nitrogens with zero attached hydrogens (tertiary/aromatic N) is 3. The molecule has 82 valence electrons. The second-order valence-electron chi connectivity index (χ2n) is 3.84. The summed E-state index contributed by atoms with van der Waals surface area (Å²) in [5.74, 6) is 0.915. The van der Waals surface area contributed by atoms with Gasteiger partial charge in [-0.2, -0.15) is 14.9 Å². The van der Waals surface area contributed by atoms with Crippen LogP contribution in [0.2, 0.25) is 0 Å². The van der Waals surface area contributed by atoms with Crippen LogP contribution in [-0.2, 0) is 6.42 Å². The monoisotopic (exact) mass is 224 g/mol. The van der Waals surface area contributed by atoms with E-state index in [1.165, 1.54) is 25.0 Å². The molecule has 0 saturated heterocycles. The molecule has 0 radical (unpaired) electrons. The summed E-state index contributed by atoms with van der Waals surface area (Å²) in [6.45, 7) is 2.06. The molecule has 1 aromatic rings. The summed E-state index contributed by atoms with van der Waals surface area (Å²) in [6.07, 6.45) is 6.91. The third-order valence-electron chi connectivity index (χ3n) is 2.71. The first-order valence-electron chi connectivity index (χ1n) is 5.54. The van der Waals surface area contributed by atoms with Crippen molar-refractivity contribution in [1.29, 1.82) is 0 Å². The number of aromatic nitrogens is 3. The Bertz CT molecular complexity index is 407. The maximum absolute atomic E-state index is 5.15. The lowest BCUT2D eigenvalue weighted by Crippen LogP contribution is -2.08. The van der Waals surface area contributed by atoms with Gasteiger partial charge in [0.2, 0.25) is 4.77 Å². The molecule has 1 heterocycles. The highest BCUT2D eigenvalue weighted by atomic mass is 32.1. The third-order valence-corrected chi connectivity index (χ3v) is 2.97. The summed E-state index contributed by atoms with van der Waals surface area (Å²) >= 11 is 5.15. The van der Waals surface area contributed by atoms with E-state index in [1.807, 2.05) is 0 Å². The molecule has 15 heavy (non-hydrogen) atoms. The molecule has 4 nitrogen and oxygen atoms in total. The molecule has 0 aliphatic heterocycles. The fraction of sp³-hybridized carbons (Fsp3) is 0.700. The van der Waals surface area contributed by atoms with Crippen molar-refractivity contribution < 1.29 is 0 Å². The maximum Gasteiger partial charge on any atom is 0.216 e. The van der Waals surface area contributed by atoms with Crippen LogP contribution in [0.25, 0.3) is 0 Å². The van der Waals surface area contributed by atoms with E-state index in [-0.39, 0.29) is 0 Å². The SMILES string of the molecule is CCc1n[nH]c(=S)n1N=C1CCCCC1. The van der Waals surface area contributed by atoms with Gasteiger partial charge in [0.25, 0.3) is 0 Å². The summed E-state index contributed by atoms with van der Waals surface area (Å²) in [5.41, 5.74) is 1.26. The van der Waals surface area contributed by atoms with Gasteiger partial charge in [-0.1, -0.05) is 13.3 Å². The van der Waals surface area contributed by atoms with Crippen LogP contribution in [0.1, 0.15) is 44.9 Å². The second-order valence-corrected chi connectivity index (χ2v) is 4.22. The number of rotatable bonds is 2. The summed E-state index contributed by atoms with van der Waals surface area (Å²) in [7, 11) is 0. The van der Waals surface area contributed by atoms with E-state index in [4.69, 9.17) is 12.2 Å². The molecule has 5 heteroatoms. The molecule has 0 atom stereocenters. The topological polar surface area (TPSA) is 46.0 Å². The van der Waals surface area contributed by atoms with Gasteiger partial charge in [-0.25, -0.2) is 0 Å². The Hall–Kier alpha value is -0.970. The molecule has 0 spiro atoms. The molecule has 1 aromatic heterocycles. The lowest BCUT2D eigenvalue weighted by atomic mass is 9.99. The molecular formula is C10H16N4S. The molecule has 0 aromatic carbocycles. The molecule has 1 saturated carbocycles. The first kappa shape index (κ1) is 10.5. The van der Waals surface area contributed by atoms with Gasteiger partial charge in [-0.05, 0) is 37.9 Å². The van der Waals surface area contributed by atoms with Gasteiger partial charge in [0.1, 0.15) is 0 Å². The maximum atomic E-state index is 5.15. The van der Waals surface area contributed by atoms with E-state index in [0.717, 1.165) is 25.1 Å². The van der Waals surface area contributed by atoms with E-state index < -0.39 is 0 Å². The van der Waals surface area contributed by atoms with Crippen molar-refractivity contribution in [3.8, 4) is 0 Å². The van der Waals surface area contributed by atoms with Crippen LogP contribution in [0.15, 0.2) is 5.10 Å². The van der Waals surface area contributed by atoms with Crippen molar-refractivity contribution >= 4 is 17.9 Å². The van der Waals surface area contributed by atoms with Crippen molar-refractivity contribution in [3.05, 3.63) is 10.6 Å². The Morgan fingerprint density at radius 1 is 1.40 bits per heavy atom. The Morgan fingerprint density at radius 3 is 2.80 bits per heavy atom. The van der Waals surface area contributed by atoms with Crippen LogP contribution in [0.5, 0.6) is 0 Å². The quantitative estimate of drug-likeness (QED) is 0.785. The van der Waals surface area contributed by atoms with Gasteiger partial charge in [0.15, 0.2) is 5.82 Å². The summed E-state index contributed by atoms with van der Waals surface area (Å²) in [4.78, 5) is 0. The predicted octanol–water partition coefficient (Wildman–Crippen LogP) is 2.67. The molecule has 1 N–H and O–H groups in total. The lowest BCUT2D eigenvalue weighted by molar-refractivity contribution is 0.651. The van der Waals surface area contributed by atoms with E-state index in [2.05, 4.69) is 22.2 Å². The zero-order valence-electron chi connectivity index (χ0n) is 8.99. The minimum absolute atomic E-state index is 0.602. The number of H-pyrrole nitrogens is 1. The van der Waals surface area contributed by atoms with Crippen molar-refractivity contribution in [2.75, 3.05) is 0 Å². The molecule has 0 unspecified atom stereocenters. The molecular weight excluding hydrogens is 208 g/mol. The van der Waals surface area contributed by atoms with Crippen LogP contribution in [0.4, 0.5) is 0 Å². The van der Waals surface area contributed by atoms with Crippen LogP contribution < -0.4 is 0 Å². The molecule has 1 fully saturated rings. The Kier molecular flexibility index (Phi) is 3.30. The number of aryl methyl sites for hydroxylation is 1. The van der Waals surface area contributed by atoms with Gasteiger partial charge in [0, 0.05) is 12.1 Å². The molecule has 0 amide bonds. The van der Waals surface area contributed by atoms with Gasteiger partial charge in [-0.3, -0.25) is 5.10 Å². The van der Waals surface area contributed by atoms with Gasteiger partial charge < -0.3 is 0 Å². The Balaban J connectivity index is 2.28. The fourth-order valence-corrected chi connectivity index (χ4v) is 2.05. The van der Waals surface area contributed by atoms with E-state index in [9.17, 15) is 0 Å². The highest BCUT2D eigenvalue weighted by Crippen LogP contribution is 2.15. The zero-order chi connectivity index (χ0) is 10.7. The van der Waals surface area contributed by atoms with Crippen LogP contribution >= 0.6 is 12.2 Å². The smallest absolute Gasteiger partial charge is 0.216 e. The Morgan fingerprint density at radius 2 is 2.13 bits per heavy atom. The number of hydrogen-bond acceptors (Lipinski definition) is 3. The standard InChI is InChI=1S/C10H16N4S/c1-2-9-11-12-10(15)14(9)13-8-6-4-3-5-7-8/h2-7H2,1H3,(H,12,15). The molecule has 0 bridgehead atoms. The molecule has 2 rings (SSSR count). The van der Waals surface area contributed by atoms with E-state index in [0.29, 0.717) is 4.77 Å². The number of nitrogens with one attached hydrogen (secondary N) is 1. The minimum atomic E-state index is 0.602. The fourth-order valence-electron chi connectivity index (χ4n) is 1.86. The molecule has 1 aliphatic rings. The van der Waals surface area contributed by atoms with Gasteiger partial charge in [-0.15, -0.1) is 0 Å². The highest BCUT2D eigenvalue weighted by molar-refractivity contribution is 7.71. The average Bonchev–Trinajstić information content (AvgIpc) is 2.62. The number of aromatic amines is 1. The van der Waals surface area contributed by atoms with Gasteiger partial charge >= 0.3 is 0 Å². The lowest BCUT2D eigenvalue weighted by Gasteiger charge is -2.12. The number of hydrogen-bond donors (Lipinski definition) is 1. The van der Waals surface area contributed by atoms with Crippen molar-refractivity contribution in [2.45, 2.75) is 45.4 Å². The third kappa shape index (κ3) is 2.34. The summed E-state index contributed by atoms with van der Waals surface area (Å²) in [5, 5.41) is 11.5. The molecule has 1 aliphatic carbocycles. The summed E-state index contributed by atoms with van der Waals surface area (Å²) in [6, 6.07) is 0. The van der Waals surface area contributed by atoms with Crippen LogP contribution in [0.3, 0.4) is 0 Å². The van der Waals surface area contributed by atoms with Gasteiger partial charge in [0.05, 0.1) is 0 Å². The first-order valence-corrected chi connectivity index (χ1v) is 5.95. The van der Waals surface area contributed by atoms with Crippen molar-refractivity contribution in [2.24, 2.45) is 5.10 Å².